The predicted octanol–water partition coefficient (Wildman–Crippen LogP) is 16.5. The van der Waals surface area contributed by atoms with Crippen molar-refractivity contribution in [2.24, 2.45) is 5.11 Å². The molecule has 0 saturated carbocycles. The summed E-state index contributed by atoms with van der Waals surface area (Å²) in [6.07, 6.45) is 8.89. The normalized spacial score (nSPS) is 7.69. The molecule has 4 rings (SSSR count). The lowest BCUT2D eigenvalue weighted by Crippen LogP contribution is -2.01. The highest BCUT2D eigenvalue weighted by molar-refractivity contribution is 5.82. The smallest absolute Gasteiger partial charge is 0.0485 e. The minimum atomic E-state index is 1.07. The Morgan fingerprint density at radius 2 is 0.521 bits per heavy atom. The van der Waals surface area contributed by atoms with Gasteiger partial charge in [-0.3, -0.25) is 0 Å². The Morgan fingerprint density at radius 1 is 0.417 bits per heavy atom. The molecule has 0 bridgehead atoms. The van der Waals surface area contributed by atoms with Crippen LogP contribution in [-0.4, -0.2) is 20.6 Å². The lowest BCUT2D eigenvalue weighted by molar-refractivity contribution is 0.864. The summed E-state index contributed by atoms with van der Waals surface area (Å²) >= 11 is 0. The first-order chi connectivity index (χ1) is 23.2. The number of benzene rings is 4. The first-order valence-corrected chi connectivity index (χ1v) is 19.0. The van der Waals surface area contributed by atoms with Crippen LogP contribution in [0.2, 0.25) is 0 Å². The van der Waals surface area contributed by atoms with Crippen LogP contribution in [-0.2, 0) is 0 Å². The van der Waals surface area contributed by atoms with Crippen molar-refractivity contribution >= 4 is 21.5 Å². The Balaban J connectivity index is -0.0000000823. The zero-order chi connectivity index (χ0) is 38.7. The van der Waals surface area contributed by atoms with Crippen LogP contribution >= 0.6 is 0 Å². The Bertz CT molecular complexity index is 793. The van der Waals surface area contributed by atoms with Gasteiger partial charge in [-0.25, -0.2) is 10.6 Å². The summed E-state index contributed by atoms with van der Waals surface area (Å²) in [5.41, 5.74) is 5.83. The number of nitrogens with zero attached hydrogens (tertiary/aromatic N) is 1. The maximum Gasteiger partial charge on any atom is 0.0485 e. The topological polar surface area (TPSA) is 48.2 Å². The third kappa shape index (κ3) is 61.9. The monoisotopic (exact) mass is 668 g/mol. The van der Waals surface area contributed by atoms with E-state index in [9.17, 15) is 0 Å². The van der Waals surface area contributed by atoms with Gasteiger partial charge in [-0.1, -0.05) is 246 Å². The fraction of sp³-hybridized carbons (Fsp3) is 0.556. The van der Waals surface area contributed by atoms with E-state index in [4.69, 9.17) is 5.53 Å². The molecular formula is C45H85N3. The highest BCUT2D eigenvalue weighted by atomic mass is 14.9. The molecule has 3 heteroatoms. The Morgan fingerprint density at radius 3 is 0.583 bits per heavy atom. The van der Waals surface area contributed by atoms with Crippen molar-refractivity contribution in [3.05, 3.63) is 97.1 Å². The van der Waals surface area contributed by atoms with E-state index in [1.54, 1.807) is 0 Å². The van der Waals surface area contributed by atoms with Gasteiger partial charge in [0.2, 0.25) is 0 Å². The van der Waals surface area contributed by atoms with Crippen LogP contribution in [0.4, 0.5) is 0 Å². The molecule has 0 atom stereocenters. The summed E-state index contributed by atoms with van der Waals surface area (Å²) in [5, 5.41) is 10.9. The summed E-state index contributed by atoms with van der Waals surface area (Å²) in [7, 11) is 3.35. The van der Waals surface area contributed by atoms with Gasteiger partial charge in [0.25, 0.3) is 0 Å². The molecule has 280 valence electrons. The van der Waals surface area contributed by atoms with Gasteiger partial charge in [-0.2, -0.15) is 0 Å². The second-order valence-corrected chi connectivity index (χ2v) is 10.2. The molecule has 0 aliphatic heterocycles. The molecule has 0 spiro atoms. The summed E-state index contributed by atoms with van der Waals surface area (Å²) in [4.78, 5) is 0. The van der Waals surface area contributed by atoms with E-state index in [1.807, 2.05) is 20.9 Å². The Hall–Kier alpha value is -3.04. The van der Waals surface area contributed by atoms with E-state index >= 15 is 0 Å². The first kappa shape index (κ1) is 60.3. The number of hydrogen-bond acceptors (Lipinski definition) is 3. The van der Waals surface area contributed by atoms with Gasteiger partial charge in [0.15, 0.2) is 0 Å². The number of fused-ring (bicyclic) bond motifs is 2. The van der Waals surface area contributed by atoms with Gasteiger partial charge in [0.05, 0.1) is 0 Å². The minimum absolute atomic E-state index is 1.07. The maximum absolute atomic E-state index is 5.83. The molecule has 0 amide bonds. The van der Waals surface area contributed by atoms with E-state index in [0.29, 0.717) is 0 Å². The molecule has 0 fully saturated rings. The molecule has 4 aromatic carbocycles. The third-order valence-corrected chi connectivity index (χ3v) is 4.17. The molecule has 0 unspecified atom stereocenters. The Kier molecular flexibility index (Phi) is 83.4. The standard InChI is InChI=1S/2C10H8.C4H10.C3H9N.5C3H8.C2H6.CH4N2/c2*1-2-6-10-8-4-3-7-9(10)5-1;2*1-3-4-2;5*1-3-2;1-2;1-3-2/h2*1-8H;3-4H2,1-2H3;4H,3H2,1-2H3;5*3H2,1-2H3;1-2H3;2H,1H3. The average Bonchev–Trinajstić information content (AvgIpc) is 3.12. The molecule has 48 heavy (non-hydrogen) atoms. The quantitative estimate of drug-likeness (QED) is 0.205. The van der Waals surface area contributed by atoms with E-state index < -0.39 is 0 Å². The van der Waals surface area contributed by atoms with Crippen LogP contribution < -0.4 is 5.32 Å². The molecule has 2 N–H and O–H groups in total. The molecule has 4 aromatic rings. The molecule has 3 nitrogen and oxygen atoms in total. The van der Waals surface area contributed by atoms with Crippen molar-refractivity contribution < 1.29 is 0 Å². The van der Waals surface area contributed by atoms with Crippen molar-refractivity contribution in [3.63, 3.8) is 0 Å². The van der Waals surface area contributed by atoms with Gasteiger partial charge in [0.1, 0.15) is 0 Å². The van der Waals surface area contributed by atoms with Crippen LogP contribution in [0.1, 0.15) is 149 Å². The number of unbranched alkanes of at least 4 members (excludes halogenated alkanes) is 1. The van der Waals surface area contributed by atoms with Gasteiger partial charge < -0.3 is 5.32 Å². The predicted molar refractivity (Wildman–Crippen MR) is 230 cm³/mol. The van der Waals surface area contributed by atoms with Gasteiger partial charge in [-0.15, -0.1) is 0 Å². The Labute approximate surface area is 303 Å². The largest absolute Gasteiger partial charge is 0.320 e. The summed E-state index contributed by atoms with van der Waals surface area (Å²) < 4.78 is 0. The van der Waals surface area contributed by atoms with E-state index in [1.165, 1.54) is 73.5 Å². The molecule has 0 heterocycles. The zero-order valence-corrected chi connectivity index (χ0v) is 35.3. The molecule has 0 aliphatic rings. The van der Waals surface area contributed by atoms with E-state index in [-0.39, 0.29) is 0 Å². The van der Waals surface area contributed by atoms with Crippen LogP contribution in [0, 0.1) is 5.53 Å². The summed E-state index contributed by atoms with van der Waals surface area (Å²) in [6, 6.07) is 33.4. The van der Waals surface area contributed by atoms with Crippen LogP contribution in [0.15, 0.2) is 102 Å². The van der Waals surface area contributed by atoms with Crippen molar-refractivity contribution in [1.82, 2.24) is 5.32 Å². The van der Waals surface area contributed by atoms with Crippen molar-refractivity contribution in [1.29, 1.82) is 5.53 Å². The summed E-state index contributed by atoms with van der Waals surface area (Å²) in [5.74, 6) is 0. The molecule has 0 radical (unpaired) electrons. The molecule has 0 aliphatic carbocycles. The van der Waals surface area contributed by atoms with E-state index in [2.05, 4.69) is 198 Å². The zero-order valence-electron chi connectivity index (χ0n) is 35.3. The fourth-order valence-corrected chi connectivity index (χ4v) is 2.27. The number of rotatable bonds is 2. The van der Waals surface area contributed by atoms with Crippen LogP contribution in [0.5, 0.6) is 0 Å². The van der Waals surface area contributed by atoms with Gasteiger partial charge in [0, 0.05) is 7.05 Å². The van der Waals surface area contributed by atoms with Crippen LogP contribution in [0.3, 0.4) is 0 Å². The molecule has 0 saturated heterocycles. The number of hydrogen-bond donors (Lipinski definition) is 2. The molecular weight excluding hydrogens is 583 g/mol. The van der Waals surface area contributed by atoms with Crippen molar-refractivity contribution in [2.75, 3.05) is 20.6 Å². The highest BCUT2D eigenvalue weighted by Gasteiger charge is 1.86. The first-order valence-electron chi connectivity index (χ1n) is 19.0. The lowest BCUT2D eigenvalue weighted by Gasteiger charge is -1.92. The van der Waals surface area contributed by atoms with Crippen molar-refractivity contribution in [2.45, 2.75) is 149 Å². The highest BCUT2D eigenvalue weighted by Crippen LogP contribution is 2.12. The second kappa shape index (κ2) is 66.4. The maximum atomic E-state index is 5.83. The fourth-order valence-electron chi connectivity index (χ4n) is 2.27. The lowest BCUT2D eigenvalue weighted by atomic mass is 10.1. The van der Waals surface area contributed by atoms with Gasteiger partial charge in [-0.05, 0) is 35.1 Å². The average molecular weight is 668 g/mol. The second-order valence-electron chi connectivity index (χ2n) is 10.2. The summed E-state index contributed by atoms with van der Waals surface area (Å²) in [6.45, 7) is 32.8. The molecule has 0 aromatic heterocycles. The van der Waals surface area contributed by atoms with Gasteiger partial charge >= 0.3 is 0 Å². The van der Waals surface area contributed by atoms with Crippen LogP contribution in [0.25, 0.3) is 21.5 Å². The number of nitrogens with one attached hydrogen (secondary N) is 2. The minimum Gasteiger partial charge on any atom is -0.320 e. The van der Waals surface area contributed by atoms with Crippen molar-refractivity contribution in [3.8, 4) is 0 Å². The van der Waals surface area contributed by atoms with E-state index in [0.717, 1.165) is 6.54 Å². The third-order valence-electron chi connectivity index (χ3n) is 4.17. The SMILES string of the molecule is CC.CCC.CCC.CCC.CCC.CCC.CCCC.CCNC.CN=N.c1ccc2ccccc2c1.c1ccc2ccccc2c1.